The van der Waals surface area contributed by atoms with E-state index >= 15 is 0 Å². The summed E-state index contributed by atoms with van der Waals surface area (Å²) >= 11 is 0. The minimum atomic E-state index is 1.17. The Balaban J connectivity index is 1.99. The molecule has 124 valence electrons. The van der Waals surface area contributed by atoms with Crippen LogP contribution in [0.15, 0.2) is 0 Å². The molecule has 5 nitrogen and oxygen atoms in total. The zero-order valence-electron chi connectivity index (χ0n) is 14.2. The maximum atomic E-state index is 3.61. The Morgan fingerprint density at radius 1 is 0.524 bits per heavy atom. The zero-order valence-corrected chi connectivity index (χ0v) is 14.2. The van der Waals surface area contributed by atoms with Gasteiger partial charge in [-0.05, 0) is 53.1 Å². The molecule has 3 fully saturated rings. The number of rotatable bonds is 0. The molecular formula is C16H35N5. The Kier molecular flexibility index (Phi) is 7.96. The van der Waals surface area contributed by atoms with Crippen molar-refractivity contribution < 1.29 is 0 Å². The first kappa shape index (κ1) is 17.2. The molecule has 5 heteroatoms. The van der Waals surface area contributed by atoms with E-state index in [1.54, 1.807) is 0 Å². The average Bonchev–Trinajstić information content (AvgIpc) is 2.48. The maximum Gasteiger partial charge on any atom is 0.0110 e. The van der Waals surface area contributed by atoms with Crippen molar-refractivity contribution in [3.63, 3.8) is 0 Å². The maximum absolute atomic E-state index is 3.61. The molecule has 0 spiro atoms. The van der Waals surface area contributed by atoms with Crippen LogP contribution >= 0.6 is 0 Å². The van der Waals surface area contributed by atoms with Gasteiger partial charge in [-0.3, -0.25) is 0 Å². The van der Waals surface area contributed by atoms with Crippen LogP contribution in [0, 0.1) is 0 Å². The van der Waals surface area contributed by atoms with Gasteiger partial charge in [0.1, 0.15) is 0 Å². The van der Waals surface area contributed by atoms with E-state index in [-0.39, 0.29) is 0 Å². The molecule has 0 unspecified atom stereocenters. The summed E-state index contributed by atoms with van der Waals surface area (Å²) in [7, 11) is 4.56. The van der Waals surface area contributed by atoms with E-state index in [4.69, 9.17) is 0 Å². The van der Waals surface area contributed by atoms with Gasteiger partial charge in [0.2, 0.25) is 0 Å². The fraction of sp³-hybridized carbons (Fsp3) is 1.00. The van der Waals surface area contributed by atoms with Crippen molar-refractivity contribution >= 4 is 0 Å². The van der Waals surface area contributed by atoms with Gasteiger partial charge in [0, 0.05) is 52.4 Å². The average molecular weight is 297 g/mol. The lowest BCUT2D eigenvalue weighted by atomic mass is 10.3. The minimum Gasteiger partial charge on any atom is -0.317 e. The monoisotopic (exact) mass is 297 g/mol. The van der Waals surface area contributed by atoms with Gasteiger partial charge in [-0.2, -0.15) is 0 Å². The van der Waals surface area contributed by atoms with Crippen molar-refractivity contribution in [2.75, 3.05) is 92.6 Å². The Labute approximate surface area is 131 Å². The third kappa shape index (κ3) is 7.06. The number of hydrogen-bond donors (Lipinski definition) is 1. The van der Waals surface area contributed by atoms with Gasteiger partial charge in [0.25, 0.3) is 0 Å². The molecule has 0 aliphatic carbocycles. The number of hydrogen-bond acceptors (Lipinski definition) is 5. The zero-order chi connectivity index (χ0) is 14.9. The van der Waals surface area contributed by atoms with Gasteiger partial charge in [-0.1, -0.05) is 0 Å². The van der Waals surface area contributed by atoms with Gasteiger partial charge in [-0.15, -0.1) is 0 Å². The first-order chi connectivity index (χ1) is 10.2. The molecule has 0 aromatic carbocycles. The lowest BCUT2D eigenvalue weighted by molar-refractivity contribution is 0.150. The van der Waals surface area contributed by atoms with E-state index in [2.05, 4.69) is 39.0 Å². The van der Waals surface area contributed by atoms with E-state index in [1.807, 2.05) is 0 Å². The Morgan fingerprint density at radius 2 is 0.905 bits per heavy atom. The van der Waals surface area contributed by atoms with Crippen LogP contribution in [0.2, 0.25) is 0 Å². The van der Waals surface area contributed by atoms with Crippen molar-refractivity contribution in [2.45, 2.75) is 12.8 Å². The van der Waals surface area contributed by atoms with Crippen LogP contribution in [0.1, 0.15) is 12.8 Å². The molecule has 21 heavy (non-hydrogen) atoms. The SMILES string of the molecule is CN1CCN2CCCNCCCN(CC1)CCN(C)CC2. The molecule has 3 rings (SSSR count). The highest BCUT2D eigenvalue weighted by Gasteiger charge is 2.13. The minimum absolute atomic E-state index is 1.17. The summed E-state index contributed by atoms with van der Waals surface area (Å²) in [5, 5.41) is 3.61. The second kappa shape index (κ2) is 9.74. The molecule has 0 aromatic heterocycles. The predicted molar refractivity (Wildman–Crippen MR) is 90.0 cm³/mol. The lowest BCUT2D eigenvalue weighted by Gasteiger charge is -2.32. The summed E-state index contributed by atoms with van der Waals surface area (Å²) in [5.74, 6) is 0. The fourth-order valence-corrected chi connectivity index (χ4v) is 3.12. The molecule has 0 radical (unpaired) electrons. The number of fused-ring (bicyclic) bond motifs is 14. The first-order valence-electron chi connectivity index (χ1n) is 8.76. The molecule has 0 saturated carbocycles. The van der Waals surface area contributed by atoms with Gasteiger partial charge >= 0.3 is 0 Å². The van der Waals surface area contributed by atoms with Gasteiger partial charge in [0.15, 0.2) is 0 Å². The quantitative estimate of drug-likeness (QED) is 0.671. The topological polar surface area (TPSA) is 25.0 Å². The van der Waals surface area contributed by atoms with E-state index in [9.17, 15) is 0 Å². The third-order valence-corrected chi connectivity index (χ3v) is 4.85. The predicted octanol–water partition coefficient (Wildman–Crippen LogP) is -0.149. The molecule has 1 N–H and O–H groups in total. The third-order valence-electron chi connectivity index (χ3n) is 4.85. The van der Waals surface area contributed by atoms with E-state index in [0.717, 1.165) is 0 Å². The summed E-state index contributed by atoms with van der Waals surface area (Å²) < 4.78 is 0. The highest BCUT2D eigenvalue weighted by Crippen LogP contribution is 2.00. The Bertz CT molecular complexity index is 231. The standard InChI is InChI=1S/C16H35N5/c1-18-9-13-20-7-3-5-17-6-4-8-21(14-10-18)16-12-19(2)11-15-20/h17H,3-16H2,1-2H3. The molecule has 0 aromatic rings. The van der Waals surface area contributed by atoms with Crippen molar-refractivity contribution in [3.8, 4) is 0 Å². The van der Waals surface area contributed by atoms with Crippen LogP contribution in [0.5, 0.6) is 0 Å². The molecule has 2 bridgehead atoms. The van der Waals surface area contributed by atoms with Crippen LogP contribution in [-0.4, -0.2) is 112 Å². The van der Waals surface area contributed by atoms with Crippen LogP contribution < -0.4 is 5.32 Å². The first-order valence-corrected chi connectivity index (χ1v) is 8.76. The lowest BCUT2D eigenvalue weighted by Crippen LogP contribution is -2.45. The number of nitrogens with zero attached hydrogens (tertiary/aromatic N) is 4. The Hall–Kier alpha value is -0.200. The summed E-state index contributed by atoms with van der Waals surface area (Å²) in [6, 6.07) is 0. The summed E-state index contributed by atoms with van der Waals surface area (Å²) in [4.78, 5) is 10.3. The molecule has 0 atom stereocenters. The normalized spacial score (nSPS) is 32.9. The smallest absolute Gasteiger partial charge is 0.0110 e. The molecule has 3 aliphatic heterocycles. The summed E-state index contributed by atoms with van der Waals surface area (Å²) in [5.41, 5.74) is 0. The molecular weight excluding hydrogens is 262 g/mol. The van der Waals surface area contributed by atoms with Crippen molar-refractivity contribution in [1.82, 2.24) is 24.9 Å². The van der Waals surface area contributed by atoms with Crippen LogP contribution in [0.3, 0.4) is 0 Å². The van der Waals surface area contributed by atoms with Gasteiger partial charge < -0.3 is 24.9 Å². The van der Waals surface area contributed by atoms with E-state index in [0.29, 0.717) is 0 Å². The van der Waals surface area contributed by atoms with Crippen LogP contribution in [0.4, 0.5) is 0 Å². The second-order valence-corrected chi connectivity index (χ2v) is 6.75. The number of likely N-dealkylation sites (N-methyl/N-ethyl adjacent to an activating group) is 2. The molecule has 0 amide bonds. The molecule has 3 aliphatic rings. The summed E-state index contributed by atoms with van der Waals surface area (Å²) in [6.07, 6.45) is 2.55. The van der Waals surface area contributed by atoms with E-state index < -0.39 is 0 Å². The van der Waals surface area contributed by atoms with Crippen LogP contribution in [-0.2, 0) is 0 Å². The largest absolute Gasteiger partial charge is 0.317 e. The fourth-order valence-electron chi connectivity index (χ4n) is 3.12. The van der Waals surface area contributed by atoms with Crippen molar-refractivity contribution in [2.24, 2.45) is 0 Å². The van der Waals surface area contributed by atoms with Crippen LogP contribution in [0.25, 0.3) is 0 Å². The van der Waals surface area contributed by atoms with Crippen molar-refractivity contribution in [1.29, 1.82) is 0 Å². The van der Waals surface area contributed by atoms with Crippen molar-refractivity contribution in [3.05, 3.63) is 0 Å². The van der Waals surface area contributed by atoms with Gasteiger partial charge in [0.05, 0.1) is 0 Å². The molecule has 3 heterocycles. The molecule has 3 saturated heterocycles. The highest BCUT2D eigenvalue weighted by atomic mass is 15.2. The second-order valence-electron chi connectivity index (χ2n) is 6.75. The Morgan fingerprint density at radius 3 is 1.29 bits per heavy atom. The van der Waals surface area contributed by atoms with Gasteiger partial charge in [-0.25, -0.2) is 0 Å². The summed E-state index contributed by atoms with van der Waals surface area (Å²) in [6.45, 7) is 14.5. The number of nitrogens with one attached hydrogen (secondary N) is 1. The highest BCUT2D eigenvalue weighted by molar-refractivity contribution is 4.70. The van der Waals surface area contributed by atoms with E-state index in [1.165, 1.54) is 91.4 Å².